The molecule has 0 atom stereocenters. The number of amides is 1. The molecule has 0 unspecified atom stereocenters. The van der Waals surface area contributed by atoms with E-state index in [1.54, 1.807) is 55.5 Å². The summed E-state index contributed by atoms with van der Waals surface area (Å²) in [6.45, 7) is 1.76. The van der Waals surface area contributed by atoms with Gasteiger partial charge in [0.15, 0.2) is 17.3 Å². The maximum atomic E-state index is 12.7. The van der Waals surface area contributed by atoms with Gasteiger partial charge in [-0.2, -0.15) is 0 Å². The average Bonchev–Trinajstić information content (AvgIpc) is 3.27. The predicted molar refractivity (Wildman–Crippen MR) is 125 cm³/mol. The Morgan fingerprint density at radius 2 is 1.69 bits per heavy atom. The molecule has 0 aliphatic heterocycles. The number of fused-ring (bicyclic) bond motifs is 1. The van der Waals surface area contributed by atoms with Gasteiger partial charge < -0.3 is 33.7 Å². The van der Waals surface area contributed by atoms with E-state index >= 15 is 0 Å². The Labute approximate surface area is 243 Å². The normalized spacial score (nSPS) is 10.4. The van der Waals surface area contributed by atoms with Crippen molar-refractivity contribution in [3.05, 3.63) is 81.5 Å². The number of rotatable bonds is 7. The van der Waals surface area contributed by atoms with Crippen molar-refractivity contribution in [1.29, 1.82) is 0 Å². The van der Waals surface area contributed by atoms with Crippen molar-refractivity contribution in [2.24, 2.45) is 0 Å². The Morgan fingerprint density at radius 3 is 2.34 bits per heavy atom. The molecule has 10 heteroatoms. The molecule has 9 nitrogen and oxygen atoms in total. The SMILES string of the molecule is CCOC(=O)c1cc([N-]C(=O)c2ccccc2)c(=O)oc1-c1cc2cc(OC)c(OC)cc2[nH]1.[K+]. The number of ether oxygens (including phenoxy) is 3. The van der Waals surface area contributed by atoms with Gasteiger partial charge in [-0.25, -0.2) is 9.59 Å². The minimum absolute atomic E-state index is 0. The van der Waals surface area contributed by atoms with E-state index < -0.39 is 17.5 Å². The molecule has 4 aromatic rings. The first-order valence-electron chi connectivity index (χ1n) is 10.4. The van der Waals surface area contributed by atoms with Crippen LogP contribution < -0.4 is 66.5 Å². The Hall–Kier alpha value is -2.89. The van der Waals surface area contributed by atoms with Crippen molar-refractivity contribution in [1.82, 2.24) is 4.98 Å². The van der Waals surface area contributed by atoms with Crippen molar-refractivity contribution in [3.63, 3.8) is 0 Å². The van der Waals surface area contributed by atoms with Crippen LogP contribution in [0.15, 0.2) is 63.8 Å². The van der Waals surface area contributed by atoms with Gasteiger partial charge in [-0.3, -0.25) is 0 Å². The van der Waals surface area contributed by atoms with Gasteiger partial charge in [-0.05, 0) is 30.3 Å². The summed E-state index contributed by atoms with van der Waals surface area (Å²) < 4.78 is 21.3. The number of H-pyrrole nitrogens is 1. The Balaban J connectivity index is 0.00000342. The van der Waals surface area contributed by atoms with Gasteiger partial charge in [0.05, 0.1) is 32.4 Å². The maximum Gasteiger partial charge on any atom is 1.00 e. The Kier molecular flexibility index (Phi) is 8.92. The van der Waals surface area contributed by atoms with Crippen LogP contribution in [0.1, 0.15) is 27.6 Å². The summed E-state index contributed by atoms with van der Waals surface area (Å²) in [7, 11) is 3.04. The van der Waals surface area contributed by atoms with Crippen molar-refractivity contribution < 1.29 is 79.6 Å². The molecule has 35 heavy (non-hydrogen) atoms. The van der Waals surface area contributed by atoms with Crippen molar-refractivity contribution in [2.75, 3.05) is 20.8 Å². The number of benzene rings is 2. The summed E-state index contributed by atoms with van der Waals surface area (Å²) >= 11 is 0. The molecule has 174 valence electrons. The van der Waals surface area contributed by atoms with Crippen molar-refractivity contribution in [2.45, 2.75) is 6.92 Å². The molecule has 2 heterocycles. The first-order valence-corrected chi connectivity index (χ1v) is 10.4. The third-order valence-corrected chi connectivity index (χ3v) is 5.04. The van der Waals surface area contributed by atoms with Gasteiger partial charge >= 0.3 is 63.0 Å². The number of aromatic nitrogens is 1. The van der Waals surface area contributed by atoms with E-state index in [9.17, 15) is 14.4 Å². The molecular formula is C25H21KN2O7. The number of esters is 1. The van der Waals surface area contributed by atoms with Crippen LogP contribution in [0.5, 0.6) is 11.5 Å². The van der Waals surface area contributed by atoms with Gasteiger partial charge in [0.2, 0.25) is 0 Å². The van der Waals surface area contributed by atoms with E-state index in [0.717, 1.165) is 5.39 Å². The first kappa shape index (κ1) is 26.7. The smallest absolute Gasteiger partial charge is 0.617 e. The predicted octanol–water partition coefficient (Wildman–Crippen LogP) is 1.83. The van der Waals surface area contributed by atoms with E-state index in [-0.39, 0.29) is 75.0 Å². The van der Waals surface area contributed by atoms with Crippen LogP contribution in [-0.2, 0) is 4.74 Å². The van der Waals surface area contributed by atoms with E-state index in [0.29, 0.717) is 28.3 Å². The monoisotopic (exact) mass is 500 g/mol. The average molecular weight is 501 g/mol. The zero-order valence-corrected chi connectivity index (χ0v) is 22.8. The number of nitrogens with one attached hydrogen (secondary N) is 1. The molecule has 1 amide bonds. The minimum Gasteiger partial charge on any atom is -0.617 e. The fraction of sp³-hybridized carbons (Fsp3) is 0.160. The quantitative estimate of drug-likeness (QED) is 0.303. The molecule has 0 aliphatic rings. The molecule has 2 aromatic heterocycles. The topological polar surface area (TPSA) is 122 Å². The van der Waals surface area contributed by atoms with Crippen LogP contribution in [0.25, 0.3) is 27.7 Å². The van der Waals surface area contributed by atoms with E-state index in [4.69, 9.17) is 18.6 Å². The molecule has 0 spiro atoms. The number of nitrogens with zero attached hydrogens (tertiary/aromatic N) is 1. The number of methoxy groups -OCH3 is 2. The van der Waals surface area contributed by atoms with E-state index in [1.807, 2.05) is 0 Å². The van der Waals surface area contributed by atoms with Gasteiger partial charge in [0, 0.05) is 17.0 Å². The molecule has 0 saturated carbocycles. The van der Waals surface area contributed by atoms with Gasteiger partial charge in [0.25, 0.3) is 0 Å². The fourth-order valence-corrected chi connectivity index (χ4v) is 3.44. The molecule has 0 aliphatic carbocycles. The van der Waals surface area contributed by atoms with E-state index in [2.05, 4.69) is 10.3 Å². The van der Waals surface area contributed by atoms with E-state index in [1.165, 1.54) is 20.3 Å². The Bertz CT molecular complexity index is 1390. The molecule has 0 fully saturated rings. The molecule has 0 bridgehead atoms. The summed E-state index contributed by atoms with van der Waals surface area (Å²) in [4.78, 5) is 41.0. The first-order chi connectivity index (χ1) is 16.4. The number of carbonyl (C=O) groups is 2. The number of aromatic amines is 1. The third-order valence-electron chi connectivity index (χ3n) is 5.04. The van der Waals surface area contributed by atoms with Crippen LogP contribution in [0, 0.1) is 0 Å². The van der Waals surface area contributed by atoms with Gasteiger partial charge in [-0.1, -0.05) is 36.4 Å². The summed E-state index contributed by atoms with van der Waals surface area (Å²) in [5.41, 5.74) is 0.0829. The molecule has 0 saturated heterocycles. The van der Waals surface area contributed by atoms with Crippen LogP contribution in [0.2, 0.25) is 0 Å². The van der Waals surface area contributed by atoms with Crippen LogP contribution >= 0.6 is 0 Å². The molecule has 1 N–H and O–H groups in total. The molecule has 4 rings (SSSR count). The number of carbonyl (C=O) groups excluding carboxylic acids is 2. The van der Waals surface area contributed by atoms with Crippen molar-refractivity contribution in [3.8, 4) is 23.0 Å². The third kappa shape index (κ3) is 5.68. The largest absolute Gasteiger partial charge is 1.00 e. The minimum atomic E-state index is -0.874. The van der Waals surface area contributed by atoms with Crippen molar-refractivity contribution >= 4 is 28.5 Å². The van der Waals surface area contributed by atoms with Crippen LogP contribution in [0.3, 0.4) is 0 Å². The molecule has 2 aromatic carbocycles. The van der Waals surface area contributed by atoms with Crippen LogP contribution in [-0.4, -0.2) is 37.7 Å². The van der Waals surface area contributed by atoms with Gasteiger partial charge in [-0.15, -0.1) is 0 Å². The van der Waals surface area contributed by atoms with Crippen LogP contribution in [0.4, 0.5) is 5.69 Å². The summed E-state index contributed by atoms with van der Waals surface area (Å²) in [5.74, 6) is -0.382. The standard InChI is InChI=1S/C25H22N2O7.K/c1-4-33-24(29)16-12-19(27-23(28)14-8-6-5-7-9-14)25(30)34-22(16)18-10-15-11-20(31-2)21(32-3)13-17(15)26-18;/h5-13H,4H2,1-3H3,(H2,26,27,28,29,30);/q;+1/p-1. The zero-order chi connectivity index (χ0) is 24.2. The summed E-state index contributed by atoms with van der Waals surface area (Å²) in [6, 6.07) is 14.6. The second kappa shape index (κ2) is 11.7. The summed E-state index contributed by atoms with van der Waals surface area (Å²) in [6.07, 6.45) is 0. The molecular weight excluding hydrogens is 479 g/mol. The fourth-order valence-electron chi connectivity index (χ4n) is 3.44. The summed E-state index contributed by atoms with van der Waals surface area (Å²) in [5, 5.41) is 4.59. The second-order valence-corrected chi connectivity index (χ2v) is 7.14. The number of hydrogen-bond donors (Lipinski definition) is 1. The Morgan fingerprint density at radius 1 is 1.00 bits per heavy atom. The van der Waals surface area contributed by atoms with Gasteiger partial charge in [0.1, 0.15) is 5.56 Å². The molecule has 0 radical (unpaired) electrons. The maximum absolute atomic E-state index is 12.7. The number of hydrogen-bond acceptors (Lipinski definition) is 7. The zero-order valence-electron chi connectivity index (χ0n) is 19.7. The second-order valence-electron chi connectivity index (χ2n) is 7.14.